The van der Waals surface area contributed by atoms with Crippen LogP contribution in [0.2, 0.25) is 0 Å². The van der Waals surface area contributed by atoms with Crippen LogP contribution in [0.4, 0.5) is 17.1 Å². The van der Waals surface area contributed by atoms with E-state index in [4.69, 9.17) is 15.6 Å². The summed E-state index contributed by atoms with van der Waals surface area (Å²) >= 11 is 0. The van der Waals surface area contributed by atoms with Gasteiger partial charge in [0.1, 0.15) is 17.1 Å². The fourth-order valence-corrected chi connectivity index (χ4v) is 2.93. The number of phenols is 1. The Hall–Kier alpha value is -2.97. The second kappa shape index (κ2) is 11.4. The van der Waals surface area contributed by atoms with Gasteiger partial charge in [0, 0.05) is 18.5 Å². The highest BCUT2D eigenvalue weighted by molar-refractivity contribution is 5.76. The Labute approximate surface area is 183 Å². The van der Waals surface area contributed by atoms with Crippen molar-refractivity contribution >= 4 is 23.0 Å². The largest absolute Gasteiger partial charge is 0.505 e. The summed E-state index contributed by atoms with van der Waals surface area (Å²) in [6.45, 7) is 6.96. The molecule has 168 valence electrons. The molecule has 0 atom stereocenters. The minimum atomic E-state index is -0.317. The fraction of sp³-hybridized carbons (Fsp3) is 0.435. The van der Waals surface area contributed by atoms with E-state index in [9.17, 15) is 9.90 Å². The molecule has 0 aliphatic heterocycles. The van der Waals surface area contributed by atoms with Gasteiger partial charge in [-0.3, -0.25) is 4.79 Å². The Morgan fingerprint density at radius 2 is 1.84 bits per heavy atom. The molecular formula is C23H32N4O4. The average molecular weight is 429 g/mol. The average Bonchev–Trinajstić information content (AvgIpc) is 2.72. The molecule has 5 N–H and O–H groups in total. The van der Waals surface area contributed by atoms with Gasteiger partial charge in [-0.2, -0.15) is 0 Å². The Kier molecular flexibility index (Phi) is 8.96. The summed E-state index contributed by atoms with van der Waals surface area (Å²) in [5.74, 6) is -0.0294. The number of aliphatic hydroxyl groups excluding tert-OH is 1. The second-order valence-electron chi connectivity index (χ2n) is 8.21. The number of nitrogens with two attached hydrogens (primary N) is 1. The van der Waals surface area contributed by atoms with E-state index in [2.05, 4.69) is 15.5 Å². The van der Waals surface area contributed by atoms with E-state index in [1.807, 2.05) is 39.0 Å². The number of carbonyl (C=O) groups excluding carboxylic acids is 1. The maximum absolute atomic E-state index is 12.1. The number of para-hydroxylation sites is 1. The van der Waals surface area contributed by atoms with Gasteiger partial charge < -0.3 is 26.0 Å². The summed E-state index contributed by atoms with van der Waals surface area (Å²) in [5.41, 5.74) is 8.57. The zero-order valence-electron chi connectivity index (χ0n) is 18.4. The van der Waals surface area contributed by atoms with Gasteiger partial charge in [0.15, 0.2) is 0 Å². The van der Waals surface area contributed by atoms with Gasteiger partial charge in [0.2, 0.25) is 5.91 Å². The van der Waals surface area contributed by atoms with Crippen molar-refractivity contribution in [3.05, 3.63) is 47.5 Å². The number of anilines is 1. The van der Waals surface area contributed by atoms with E-state index in [0.29, 0.717) is 36.6 Å². The lowest BCUT2D eigenvalue weighted by molar-refractivity contribution is -0.121. The van der Waals surface area contributed by atoms with Gasteiger partial charge in [-0.1, -0.05) is 39.0 Å². The van der Waals surface area contributed by atoms with Crippen molar-refractivity contribution in [1.82, 2.24) is 5.32 Å². The summed E-state index contributed by atoms with van der Waals surface area (Å²) in [5, 5.41) is 30.6. The van der Waals surface area contributed by atoms with Gasteiger partial charge in [-0.15, -0.1) is 10.2 Å². The third-order valence-electron chi connectivity index (χ3n) is 4.60. The Morgan fingerprint density at radius 3 is 2.52 bits per heavy atom. The van der Waals surface area contributed by atoms with Crippen LogP contribution in [-0.2, 0) is 21.4 Å². The number of benzene rings is 2. The zero-order valence-corrected chi connectivity index (χ0v) is 18.4. The van der Waals surface area contributed by atoms with Crippen LogP contribution in [0.3, 0.4) is 0 Å². The van der Waals surface area contributed by atoms with Crippen molar-refractivity contribution in [3.8, 4) is 5.75 Å². The first kappa shape index (κ1) is 24.3. The number of hydrogen-bond donors (Lipinski definition) is 4. The van der Waals surface area contributed by atoms with Crippen LogP contribution in [0.5, 0.6) is 5.75 Å². The standard InChI is InChI=1S/C23H32N4O4/c1-23(2,3)17-14-16(8-9-21(29)25-10-12-31-13-11-28)15-20(22(17)30)27-26-19-7-5-4-6-18(19)24/h4-7,14-15,28,30H,8-13,24H2,1-3H3,(H,25,29). The molecule has 0 spiro atoms. The molecule has 31 heavy (non-hydrogen) atoms. The van der Waals surface area contributed by atoms with Crippen LogP contribution in [-0.4, -0.2) is 42.5 Å². The minimum absolute atomic E-state index is 0.0402. The molecule has 0 aliphatic carbocycles. The number of azo groups is 1. The van der Waals surface area contributed by atoms with Crippen molar-refractivity contribution in [1.29, 1.82) is 0 Å². The third-order valence-corrected chi connectivity index (χ3v) is 4.60. The van der Waals surface area contributed by atoms with Crippen LogP contribution >= 0.6 is 0 Å². The summed E-state index contributed by atoms with van der Waals surface area (Å²) in [4.78, 5) is 12.1. The van der Waals surface area contributed by atoms with E-state index in [0.717, 1.165) is 11.1 Å². The number of amides is 1. The molecule has 0 bridgehead atoms. The van der Waals surface area contributed by atoms with Gasteiger partial charge in [-0.05, 0) is 35.6 Å². The molecule has 0 heterocycles. The number of aryl methyl sites for hydroxylation is 1. The topological polar surface area (TPSA) is 130 Å². The zero-order chi connectivity index (χ0) is 22.9. The summed E-state index contributed by atoms with van der Waals surface area (Å²) in [6, 6.07) is 10.8. The van der Waals surface area contributed by atoms with Crippen molar-refractivity contribution < 1.29 is 19.7 Å². The molecule has 0 unspecified atom stereocenters. The lowest BCUT2D eigenvalue weighted by Gasteiger charge is -2.22. The number of nitrogen functional groups attached to an aromatic ring is 1. The van der Waals surface area contributed by atoms with Gasteiger partial charge >= 0.3 is 0 Å². The molecule has 1 amide bonds. The van der Waals surface area contributed by atoms with Crippen LogP contribution in [0.25, 0.3) is 0 Å². The number of ether oxygens (including phenoxy) is 1. The molecule has 0 saturated carbocycles. The SMILES string of the molecule is CC(C)(C)c1cc(CCC(=O)NCCOCCO)cc(N=Nc2ccccc2N)c1O. The fourth-order valence-electron chi connectivity index (χ4n) is 2.93. The molecule has 0 saturated heterocycles. The highest BCUT2D eigenvalue weighted by Gasteiger charge is 2.22. The number of aromatic hydroxyl groups is 1. The quantitative estimate of drug-likeness (QED) is 0.260. The van der Waals surface area contributed by atoms with Crippen LogP contribution in [0.15, 0.2) is 46.6 Å². The third kappa shape index (κ3) is 7.66. The highest BCUT2D eigenvalue weighted by Crippen LogP contribution is 2.40. The molecule has 2 rings (SSSR count). The lowest BCUT2D eigenvalue weighted by atomic mass is 9.84. The smallest absolute Gasteiger partial charge is 0.220 e. The summed E-state index contributed by atoms with van der Waals surface area (Å²) < 4.78 is 5.13. The Bertz CT molecular complexity index is 907. The summed E-state index contributed by atoms with van der Waals surface area (Å²) in [6.07, 6.45) is 0.777. The van der Waals surface area contributed by atoms with Crippen molar-refractivity contribution in [2.24, 2.45) is 10.2 Å². The predicted octanol–water partition coefficient (Wildman–Crippen LogP) is 3.75. The maximum atomic E-state index is 12.1. The lowest BCUT2D eigenvalue weighted by Crippen LogP contribution is -2.27. The van der Waals surface area contributed by atoms with E-state index in [1.54, 1.807) is 18.2 Å². The molecule has 0 aromatic heterocycles. The molecule has 0 radical (unpaired) electrons. The predicted molar refractivity (Wildman–Crippen MR) is 121 cm³/mol. The first-order valence-electron chi connectivity index (χ1n) is 10.3. The van der Waals surface area contributed by atoms with E-state index < -0.39 is 0 Å². The van der Waals surface area contributed by atoms with Gasteiger partial charge in [0.25, 0.3) is 0 Å². The first-order chi connectivity index (χ1) is 14.7. The number of rotatable bonds is 10. The monoisotopic (exact) mass is 428 g/mol. The molecule has 8 heteroatoms. The molecule has 8 nitrogen and oxygen atoms in total. The Balaban J connectivity index is 2.15. The second-order valence-corrected chi connectivity index (χ2v) is 8.21. The van der Waals surface area contributed by atoms with Gasteiger partial charge in [-0.25, -0.2) is 0 Å². The number of phenolic OH excluding ortho intramolecular Hbond substituents is 1. The molecule has 2 aromatic rings. The molecule has 0 aliphatic rings. The number of hydrogen-bond acceptors (Lipinski definition) is 7. The van der Waals surface area contributed by atoms with Crippen molar-refractivity contribution in [2.45, 2.75) is 39.0 Å². The summed E-state index contributed by atoms with van der Waals surface area (Å²) in [7, 11) is 0. The van der Waals surface area contributed by atoms with Gasteiger partial charge in [0.05, 0.1) is 25.5 Å². The van der Waals surface area contributed by atoms with E-state index >= 15 is 0 Å². The highest BCUT2D eigenvalue weighted by atomic mass is 16.5. The number of aliphatic hydroxyl groups is 1. The van der Waals surface area contributed by atoms with E-state index in [1.165, 1.54) is 0 Å². The number of nitrogens with one attached hydrogen (secondary N) is 1. The molecule has 0 fully saturated rings. The number of carbonyl (C=O) groups is 1. The Morgan fingerprint density at radius 1 is 1.13 bits per heavy atom. The number of nitrogens with zero attached hydrogens (tertiary/aromatic N) is 2. The van der Waals surface area contributed by atoms with Crippen LogP contribution in [0, 0.1) is 0 Å². The maximum Gasteiger partial charge on any atom is 0.220 e. The minimum Gasteiger partial charge on any atom is -0.505 e. The molecule has 2 aromatic carbocycles. The van der Waals surface area contributed by atoms with Crippen LogP contribution < -0.4 is 11.1 Å². The van der Waals surface area contributed by atoms with Crippen molar-refractivity contribution in [3.63, 3.8) is 0 Å². The molecular weight excluding hydrogens is 396 g/mol. The first-order valence-corrected chi connectivity index (χ1v) is 10.3. The normalized spacial score (nSPS) is 11.7. The van der Waals surface area contributed by atoms with Crippen molar-refractivity contribution in [2.75, 3.05) is 32.1 Å². The van der Waals surface area contributed by atoms with E-state index in [-0.39, 0.29) is 36.7 Å². The van der Waals surface area contributed by atoms with Crippen LogP contribution in [0.1, 0.15) is 38.3 Å².